The summed E-state index contributed by atoms with van der Waals surface area (Å²) in [7, 11) is 0. The highest BCUT2D eigenvalue weighted by Crippen LogP contribution is 2.24. The average Bonchev–Trinajstić information content (AvgIpc) is 2.71. The lowest BCUT2D eigenvalue weighted by molar-refractivity contribution is 1.00. The van der Waals surface area contributed by atoms with Crippen LogP contribution in [-0.2, 0) is 18.6 Å². The largest absolute Gasteiger partial charge is 0.246 e. The highest BCUT2D eigenvalue weighted by molar-refractivity contribution is 7.79. The fraction of sp³-hybridized carbons (Fsp3) is 0.308. The summed E-state index contributed by atoms with van der Waals surface area (Å²) in [5.74, 6) is 0.774. The van der Waals surface area contributed by atoms with E-state index >= 15 is 0 Å². The molecule has 0 spiro atoms. The SMILES string of the molecule is CCc1nc(Cc2cccc(Cl)c2)sc1CS. The zero-order valence-corrected chi connectivity index (χ0v) is 12.1. The van der Waals surface area contributed by atoms with Gasteiger partial charge in [0.15, 0.2) is 0 Å². The predicted octanol–water partition coefficient (Wildman–Crippen LogP) is 4.38. The van der Waals surface area contributed by atoms with Crippen molar-refractivity contribution in [2.75, 3.05) is 0 Å². The summed E-state index contributed by atoms with van der Waals surface area (Å²) < 4.78 is 0. The summed E-state index contributed by atoms with van der Waals surface area (Å²) in [6.45, 7) is 2.13. The molecule has 2 aromatic rings. The number of nitrogens with zero attached hydrogens (tertiary/aromatic N) is 1. The van der Waals surface area contributed by atoms with Crippen molar-refractivity contribution in [1.29, 1.82) is 0 Å². The molecular weight excluding hydrogens is 270 g/mol. The van der Waals surface area contributed by atoms with Crippen LogP contribution < -0.4 is 0 Å². The minimum absolute atomic E-state index is 0.774. The van der Waals surface area contributed by atoms with E-state index < -0.39 is 0 Å². The summed E-state index contributed by atoms with van der Waals surface area (Å²) in [5, 5.41) is 1.93. The molecule has 1 aromatic heterocycles. The number of halogens is 1. The van der Waals surface area contributed by atoms with E-state index in [0.717, 1.165) is 28.6 Å². The van der Waals surface area contributed by atoms with E-state index in [1.807, 2.05) is 18.2 Å². The topological polar surface area (TPSA) is 12.9 Å². The number of thiol groups is 1. The summed E-state index contributed by atoms with van der Waals surface area (Å²) in [5.41, 5.74) is 2.39. The molecule has 0 saturated heterocycles. The summed E-state index contributed by atoms with van der Waals surface area (Å²) in [4.78, 5) is 5.94. The van der Waals surface area contributed by atoms with Gasteiger partial charge in [-0.25, -0.2) is 4.98 Å². The third-order valence-corrected chi connectivity index (χ3v) is 4.41. The van der Waals surface area contributed by atoms with E-state index in [9.17, 15) is 0 Å². The summed E-state index contributed by atoms with van der Waals surface area (Å²) >= 11 is 12.1. The van der Waals surface area contributed by atoms with E-state index in [1.165, 1.54) is 16.1 Å². The predicted molar refractivity (Wildman–Crippen MR) is 78.4 cm³/mol. The maximum atomic E-state index is 5.97. The van der Waals surface area contributed by atoms with Gasteiger partial charge < -0.3 is 0 Å². The van der Waals surface area contributed by atoms with Crippen LogP contribution in [0.15, 0.2) is 24.3 Å². The zero-order valence-electron chi connectivity index (χ0n) is 9.61. The van der Waals surface area contributed by atoms with Crippen molar-refractivity contribution < 1.29 is 0 Å². The number of benzene rings is 1. The van der Waals surface area contributed by atoms with Gasteiger partial charge in [0, 0.05) is 22.1 Å². The third-order valence-electron chi connectivity index (χ3n) is 2.55. The van der Waals surface area contributed by atoms with Crippen LogP contribution in [0.5, 0.6) is 0 Å². The van der Waals surface area contributed by atoms with Gasteiger partial charge in [0.05, 0.1) is 10.7 Å². The normalized spacial score (nSPS) is 10.8. The van der Waals surface area contributed by atoms with Crippen molar-refractivity contribution in [3.8, 4) is 0 Å². The minimum Gasteiger partial charge on any atom is -0.246 e. The molecule has 0 saturated carbocycles. The van der Waals surface area contributed by atoms with Crippen LogP contribution >= 0.6 is 35.6 Å². The lowest BCUT2D eigenvalue weighted by atomic mass is 10.2. The monoisotopic (exact) mass is 283 g/mol. The molecule has 0 N–H and O–H groups in total. The van der Waals surface area contributed by atoms with Crippen LogP contribution in [0, 0.1) is 0 Å². The fourth-order valence-corrected chi connectivity index (χ4v) is 3.37. The van der Waals surface area contributed by atoms with E-state index in [0.29, 0.717) is 0 Å². The van der Waals surface area contributed by atoms with Crippen LogP contribution in [0.3, 0.4) is 0 Å². The Labute approximate surface area is 116 Å². The van der Waals surface area contributed by atoms with Gasteiger partial charge in [-0.3, -0.25) is 0 Å². The first-order valence-electron chi connectivity index (χ1n) is 5.55. The zero-order chi connectivity index (χ0) is 12.3. The quantitative estimate of drug-likeness (QED) is 0.822. The molecule has 0 aliphatic rings. The Morgan fingerprint density at radius 1 is 1.41 bits per heavy atom. The lowest BCUT2D eigenvalue weighted by Crippen LogP contribution is -1.89. The summed E-state index contributed by atoms with van der Waals surface area (Å²) in [6.07, 6.45) is 1.83. The molecule has 2 rings (SSSR count). The second-order valence-corrected chi connectivity index (χ2v) is 5.72. The Hall–Kier alpha value is -0.510. The van der Waals surface area contributed by atoms with E-state index in [-0.39, 0.29) is 0 Å². The van der Waals surface area contributed by atoms with Crippen LogP contribution in [0.1, 0.15) is 28.1 Å². The minimum atomic E-state index is 0.774. The molecule has 1 aromatic carbocycles. The van der Waals surface area contributed by atoms with Crippen LogP contribution in [0.4, 0.5) is 0 Å². The van der Waals surface area contributed by atoms with Crippen molar-refractivity contribution >= 4 is 35.6 Å². The van der Waals surface area contributed by atoms with E-state index in [4.69, 9.17) is 11.6 Å². The number of aryl methyl sites for hydroxylation is 1. The number of hydrogen-bond donors (Lipinski definition) is 1. The molecule has 0 fully saturated rings. The molecular formula is C13H14ClNS2. The van der Waals surface area contributed by atoms with Crippen molar-refractivity contribution in [3.63, 3.8) is 0 Å². The molecule has 90 valence electrons. The maximum absolute atomic E-state index is 5.97. The Morgan fingerprint density at radius 2 is 2.24 bits per heavy atom. The Kier molecular flexibility index (Phi) is 4.48. The lowest BCUT2D eigenvalue weighted by Gasteiger charge is -1.98. The molecule has 0 bridgehead atoms. The van der Waals surface area contributed by atoms with E-state index in [2.05, 4.69) is 30.6 Å². The van der Waals surface area contributed by atoms with Crippen LogP contribution in [0.2, 0.25) is 5.02 Å². The first-order chi connectivity index (χ1) is 8.22. The molecule has 0 aliphatic carbocycles. The molecule has 0 unspecified atom stereocenters. The van der Waals surface area contributed by atoms with E-state index in [1.54, 1.807) is 11.3 Å². The second-order valence-electron chi connectivity index (χ2n) is 3.80. The van der Waals surface area contributed by atoms with Gasteiger partial charge in [-0.15, -0.1) is 11.3 Å². The number of rotatable bonds is 4. The van der Waals surface area contributed by atoms with Crippen molar-refractivity contribution in [2.24, 2.45) is 0 Å². The van der Waals surface area contributed by atoms with Crippen molar-refractivity contribution in [3.05, 3.63) is 50.4 Å². The first kappa shape index (κ1) is 12.9. The molecule has 17 heavy (non-hydrogen) atoms. The van der Waals surface area contributed by atoms with Gasteiger partial charge in [0.25, 0.3) is 0 Å². The fourth-order valence-electron chi connectivity index (χ4n) is 1.73. The number of hydrogen-bond acceptors (Lipinski definition) is 3. The Bertz CT molecular complexity index is 486. The molecule has 0 amide bonds. The standard InChI is InChI=1S/C13H14ClNS2/c1-2-11-12(8-16)17-13(15-11)7-9-4-3-5-10(14)6-9/h3-6,16H,2,7-8H2,1H3. The Balaban J connectivity index is 2.21. The third kappa shape index (κ3) is 3.24. The van der Waals surface area contributed by atoms with Gasteiger partial charge in [-0.2, -0.15) is 12.6 Å². The van der Waals surface area contributed by atoms with Crippen LogP contribution in [-0.4, -0.2) is 4.98 Å². The van der Waals surface area contributed by atoms with Crippen molar-refractivity contribution in [1.82, 2.24) is 4.98 Å². The smallest absolute Gasteiger partial charge is 0.0975 e. The molecule has 1 heterocycles. The van der Waals surface area contributed by atoms with Gasteiger partial charge >= 0.3 is 0 Å². The van der Waals surface area contributed by atoms with Gasteiger partial charge in [0.1, 0.15) is 0 Å². The highest BCUT2D eigenvalue weighted by atomic mass is 35.5. The highest BCUT2D eigenvalue weighted by Gasteiger charge is 2.08. The number of aromatic nitrogens is 1. The molecule has 0 aliphatic heterocycles. The maximum Gasteiger partial charge on any atom is 0.0975 e. The van der Waals surface area contributed by atoms with Gasteiger partial charge in [-0.1, -0.05) is 30.7 Å². The van der Waals surface area contributed by atoms with Crippen LogP contribution in [0.25, 0.3) is 0 Å². The molecule has 0 atom stereocenters. The van der Waals surface area contributed by atoms with Gasteiger partial charge in [-0.05, 0) is 24.1 Å². The van der Waals surface area contributed by atoms with Gasteiger partial charge in [0.2, 0.25) is 0 Å². The Morgan fingerprint density at radius 3 is 2.82 bits per heavy atom. The first-order valence-corrected chi connectivity index (χ1v) is 7.38. The molecule has 0 radical (unpaired) electrons. The molecule has 1 nitrogen and oxygen atoms in total. The summed E-state index contributed by atoms with van der Waals surface area (Å²) in [6, 6.07) is 7.95. The second kappa shape index (κ2) is 5.89. The average molecular weight is 284 g/mol. The molecule has 4 heteroatoms. The van der Waals surface area contributed by atoms with Crippen molar-refractivity contribution in [2.45, 2.75) is 25.5 Å². The number of thiazole rings is 1.